The van der Waals surface area contributed by atoms with Crippen LogP contribution in [0.3, 0.4) is 0 Å². The lowest BCUT2D eigenvalue weighted by Gasteiger charge is -2.00. The van der Waals surface area contributed by atoms with Crippen molar-refractivity contribution in [2.45, 2.75) is 13.8 Å². The fraction of sp³-hybridized carbons (Fsp3) is 0.133. The first kappa shape index (κ1) is 11.6. The van der Waals surface area contributed by atoms with Gasteiger partial charge in [0.05, 0.1) is 11.4 Å². The van der Waals surface area contributed by atoms with Crippen molar-refractivity contribution in [3.8, 4) is 16.9 Å². The standard InChI is InChI=1S/C15H14N4/c1-11-10-19(14-6-4-3-5-7-14)18-15(11)13-8-16-12(2)17-9-13/h3-10H,1-2H3. The van der Waals surface area contributed by atoms with Crippen LogP contribution in [0.4, 0.5) is 0 Å². The molecule has 3 aromatic rings. The molecule has 0 radical (unpaired) electrons. The van der Waals surface area contributed by atoms with E-state index in [-0.39, 0.29) is 0 Å². The summed E-state index contributed by atoms with van der Waals surface area (Å²) < 4.78 is 1.88. The minimum atomic E-state index is 0.767. The molecule has 94 valence electrons. The van der Waals surface area contributed by atoms with Gasteiger partial charge in [-0.25, -0.2) is 14.6 Å². The van der Waals surface area contributed by atoms with Gasteiger partial charge in [-0.1, -0.05) is 18.2 Å². The molecular weight excluding hydrogens is 236 g/mol. The summed E-state index contributed by atoms with van der Waals surface area (Å²) >= 11 is 0. The van der Waals surface area contributed by atoms with E-state index in [1.54, 1.807) is 0 Å². The van der Waals surface area contributed by atoms with E-state index < -0.39 is 0 Å². The van der Waals surface area contributed by atoms with E-state index in [0.29, 0.717) is 0 Å². The van der Waals surface area contributed by atoms with Gasteiger partial charge in [0.1, 0.15) is 5.82 Å². The van der Waals surface area contributed by atoms with Gasteiger partial charge in [-0.3, -0.25) is 0 Å². The van der Waals surface area contributed by atoms with Crippen LogP contribution in [0.5, 0.6) is 0 Å². The summed E-state index contributed by atoms with van der Waals surface area (Å²) in [5.41, 5.74) is 4.02. The van der Waals surface area contributed by atoms with Crippen molar-refractivity contribution < 1.29 is 0 Å². The number of para-hydroxylation sites is 1. The molecule has 0 spiro atoms. The second-order valence-electron chi connectivity index (χ2n) is 4.46. The van der Waals surface area contributed by atoms with Crippen molar-refractivity contribution in [3.05, 3.63) is 60.3 Å². The molecule has 0 amide bonds. The molecule has 0 aliphatic carbocycles. The van der Waals surface area contributed by atoms with Crippen molar-refractivity contribution in [1.29, 1.82) is 0 Å². The second kappa shape index (κ2) is 4.65. The molecular formula is C15H14N4. The molecule has 0 aliphatic heterocycles. The topological polar surface area (TPSA) is 43.6 Å². The molecule has 4 nitrogen and oxygen atoms in total. The van der Waals surface area contributed by atoms with Crippen molar-refractivity contribution in [3.63, 3.8) is 0 Å². The number of aryl methyl sites for hydroxylation is 2. The summed E-state index contributed by atoms with van der Waals surface area (Å²) in [5.74, 6) is 0.767. The van der Waals surface area contributed by atoms with Crippen LogP contribution in [0.25, 0.3) is 16.9 Å². The lowest BCUT2D eigenvalue weighted by molar-refractivity contribution is 0.882. The van der Waals surface area contributed by atoms with Crippen molar-refractivity contribution in [1.82, 2.24) is 19.7 Å². The van der Waals surface area contributed by atoms with E-state index in [0.717, 1.165) is 28.3 Å². The summed E-state index contributed by atoms with van der Waals surface area (Å²) in [6.07, 6.45) is 5.64. The monoisotopic (exact) mass is 250 g/mol. The van der Waals surface area contributed by atoms with Gasteiger partial charge in [0.15, 0.2) is 0 Å². The van der Waals surface area contributed by atoms with E-state index in [9.17, 15) is 0 Å². The first-order chi connectivity index (χ1) is 9.24. The van der Waals surface area contributed by atoms with Crippen molar-refractivity contribution in [2.75, 3.05) is 0 Å². The maximum absolute atomic E-state index is 4.62. The van der Waals surface area contributed by atoms with Crippen LogP contribution in [0.2, 0.25) is 0 Å². The summed E-state index contributed by atoms with van der Waals surface area (Å²) in [6.45, 7) is 3.92. The molecule has 2 heterocycles. The number of hydrogen-bond acceptors (Lipinski definition) is 3. The average Bonchev–Trinajstić information content (AvgIpc) is 2.83. The normalized spacial score (nSPS) is 10.6. The van der Waals surface area contributed by atoms with Gasteiger partial charge in [-0.15, -0.1) is 0 Å². The Balaban J connectivity index is 2.05. The van der Waals surface area contributed by atoms with Crippen LogP contribution in [0, 0.1) is 13.8 Å². The molecule has 0 saturated heterocycles. The van der Waals surface area contributed by atoms with E-state index in [1.165, 1.54) is 0 Å². The number of nitrogens with zero attached hydrogens (tertiary/aromatic N) is 4. The van der Waals surface area contributed by atoms with Gasteiger partial charge in [-0.05, 0) is 31.5 Å². The molecule has 0 saturated carbocycles. The predicted octanol–water partition coefficient (Wildman–Crippen LogP) is 2.95. The van der Waals surface area contributed by atoms with Crippen LogP contribution >= 0.6 is 0 Å². The van der Waals surface area contributed by atoms with Crippen LogP contribution in [0.15, 0.2) is 48.9 Å². The largest absolute Gasteiger partial charge is 0.241 e. The summed E-state index contributed by atoms with van der Waals surface area (Å²) in [7, 11) is 0. The fourth-order valence-electron chi connectivity index (χ4n) is 1.97. The van der Waals surface area contributed by atoms with Crippen LogP contribution < -0.4 is 0 Å². The highest BCUT2D eigenvalue weighted by molar-refractivity contribution is 5.60. The zero-order chi connectivity index (χ0) is 13.2. The Morgan fingerprint density at radius 3 is 2.32 bits per heavy atom. The Morgan fingerprint density at radius 1 is 0.947 bits per heavy atom. The fourth-order valence-corrected chi connectivity index (χ4v) is 1.97. The van der Waals surface area contributed by atoms with E-state index in [4.69, 9.17) is 0 Å². The van der Waals surface area contributed by atoms with Crippen molar-refractivity contribution in [2.24, 2.45) is 0 Å². The van der Waals surface area contributed by atoms with Gasteiger partial charge in [0.25, 0.3) is 0 Å². The summed E-state index contributed by atoms with van der Waals surface area (Å²) in [5, 5.41) is 4.62. The summed E-state index contributed by atoms with van der Waals surface area (Å²) in [4.78, 5) is 8.44. The maximum Gasteiger partial charge on any atom is 0.125 e. The Morgan fingerprint density at radius 2 is 1.63 bits per heavy atom. The van der Waals surface area contributed by atoms with E-state index in [1.807, 2.05) is 67.5 Å². The molecule has 3 rings (SSSR count). The van der Waals surface area contributed by atoms with Gasteiger partial charge in [-0.2, -0.15) is 5.10 Å². The lowest BCUT2D eigenvalue weighted by atomic mass is 10.2. The molecule has 4 heteroatoms. The van der Waals surface area contributed by atoms with Crippen molar-refractivity contribution >= 4 is 0 Å². The van der Waals surface area contributed by atoms with Gasteiger partial charge >= 0.3 is 0 Å². The molecule has 0 unspecified atom stereocenters. The molecule has 0 aliphatic rings. The predicted molar refractivity (Wildman–Crippen MR) is 74.1 cm³/mol. The highest BCUT2D eigenvalue weighted by Gasteiger charge is 2.09. The van der Waals surface area contributed by atoms with Gasteiger partial charge in [0.2, 0.25) is 0 Å². The smallest absolute Gasteiger partial charge is 0.125 e. The number of rotatable bonds is 2. The maximum atomic E-state index is 4.62. The number of hydrogen-bond donors (Lipinski definition) is 0. The van der Waals surface area contributed by atoms with Crippen LogP contribution in [-0.2, 0) is 0 Å². The molecule has 1 aromatic carbocycles. The Kier molecular flexibility index (Phi) is 2.83. The molecule has 19 heavy (non-hydrogen) atoms. The second-order valence-corrected chi connectivity index (χ2v) is 4.46. The highest BCUT2D eigenvalue weighted by Crippen LogP contribution is 2.21. The molecule has 2 aromatic heterocycles. The van der Waals surface area contributed by atoms with Gasteiger partial charge < -0.3 is 0 Å². The molecule has 0 N–H and O–H groups in total. The Labute approximate surface area is 111 Å². The first-order valence-electron chi connectivity index (χ1n) is 6.15. The molecule has 0 atom stereocenters. The van der Waals surface area contributed by atoms with Crippen LogP contribution in [0.1, 0.15) is 11.4 Å². The van der Waals surface area contributed by atoms with Gasteiger partial charge in [0, 0.05) is 24.2 Å². The first-order valence-corrected chi connectivity index (χ1v) is 6.15. The number of benzene rings is 1. The third kappa shape index (κ3) is 2.25. The minimum absolute atomic E-state index is 0.767. The zero-order valence-electron chi connectivity index (χ0n) is 10.9. The lowest BCUT2D eigenvalue weighted by Crippen LogP contribution is -1.94. The SMILES string of the molecule is Cc1ncc(-c2nn(-c3ccccc3)cc2C)cn1. The zero-order valence-corrected chi connectivity index (χ0v) is 10.9. The molecule has 0 bridgehead atoms. The average molecular weight is 250 g/mol. The third-order valence-electron chi connectivity index (χ3n) is 2.97. The molecule has 0 fully saturated rings. The number of aromatic nitrogens is 4. The van der Waals surface area contributed by atoms with E-state index in [2.05, 4.69) is 15.1 Å². The Hall–Kier alpha value is -2.49. The quantitative estimate of drug-likeness (QED) is 0.702. The third-order valence-corrected chi connectivity index (χ3v) is 2.97. The Bertz CT molecular complexity index is 684. The minimum Gasteiger partial charge on any atom is -0.241 e. The van der Waals surface area contributed by atoms with Crippen LogP contribution in [-0.4, -0.2) is 19.7 Å². The summed E-state index contributed by atoms with van der Waals surface area (Å²) in [6, 6.07) is 10.1. The highest BCUT2D eigenvalue weighted by atomic mass is 15.3. The van der Waals surface area contributed by atoms with E-state index >= 15 is 0 Å².